The summed E-state index contributed by atoms with van der Waals surface area (Å²) < 4.78 is 37.3. The molecular formula is C26H36Cl2N2O8S. The number of rotatable bonds is 9. The first-order valence-electron chi connectivity index (χ1n) is 11.8. The SMILES string of the molecule is CC(C)(C)OC(=O)[C@H](CO)NCl.CC(C)(C)OC(=O)[C@H](CO)NS(=O)(=O)c1ccc(-c2ccc(Cl)cc2)cc1. The summed E-state index contributed by atoms with van der Waals surface area (Å²) in [6.45, 7) is 9.11. The quantitative estimate of drug-likeness (QED) is 0.248. The third-order valence-corrected chi connectivity index (χ3v) is 6.52. The number of carbonyl (C=O) groups is 2. The number of halogens is 2. The molecule has 10 nitrogen and oxygen atoms in total. The van der Waals surface area contributed by atoms with Gasteiger partial charge in [0.05, 0.1) is 18.1 Å². The third kappa shape index (κ3) is 12.6. The Hall–Kier alpha value is -2.25. The van der Waals surface area contributed by atoms with Crippen LogP contribution in [-0.2, 0) is 29.1 Å². The Balaban J connectivity index is 0.000000534. The van der Waals surface area contributed by atoms with Crippen molar-refractivity contribution in [1.29, 1.82) is 0 Å². The number of esters is 2. The lowest BCUT2D eigenvalue weighted by Crippen LogP contribution is -2.46. The molecular weight excluding hydrogens is 571 g/mol. The van der Waals surface area contributed by atoms with Gasteiger partial charge in [-0.05, 0) is 88.7 Å². The van der Waals surface area contributed by atoms with Crippen molar-refractivity contribution in [2.75, 3.05) is 13.2 Å². The van der Waals surface area contributed by atoms with Crippen LogP contribution in [0.25, 0.3) is 11.1 Å². The molecule has 2 aromatic rings. The molecule has 2 atom stereocenters. The zero-order valence-electron chi connectivity index (χ0n) is 22.7. The molecule has 0 fully saturated rings. The zero-order chi connectivity index (χ0) is 30.0. The van der Waals surface area contributed by atoms with Gasteiger partial charge in [-0.2, -0.15) is 4.72 Å². The van der Waals surface area contributed by atoms with E-state index in [4.69, 9.17) is 38.0 Å². The predicted octanol–water partition coefficient (Wildman–Crippen LogP) is 3.42. The molecule has 0 radical (unpaired) electrons. The van der Waals surface area contributed by atoms with Gasteiger partial charge in [-0.15, -0.1) is 0 Å². The van der Waals surface area contributed by atoms with Crippen LogP contribution >= 0.6 is 23.4 Å². The topological polar surface area (TPSA) is 151 Å². The van der Waals surface area contributed by atoms with Crippen molar-refractivity contribution < 1.29 is 37.7 Å². The van der Waals surface area contributed by atoms with E-state index in [0.717, 1.165) is 11.1 Å². The van der Waals surface area contributed by atoms with Crippen LogP contribution in [0.5, 0.6) is 0 Å². The van der Waals surface area contributed by atoms with Crippen LogP contribution < -0.4 is 9.56 Å². The summed E-state index contributed by atoms with van der Waals surface area (Å²) in [6, 6.07) is 11.1. The van der Waals surface area contributed by atoms with Gasteiger partial charge in [0.1, 0.15) is 23.3 Å². The minimum absolute atomic E-state index is 0.0257. The highest BCUT2D eigenvalue weighted by molar-refractivity contribution is 7.89. The standard InChI is InChI=1S/C19H22ClNO5S.C7H14ClNO3/c1-19(2,3)26-18(23)17(12-22)21-27(24,25)16-10-6-14(7-11-16)13-4-8-15(20)9-5-13;1-7(2,3)12-6(11)5(4-10)9-8/h4-11,17,21-22H,12H2,1-3H3;5,9-10H,4H2,1-3H3/t17-;5-/m00/s1. The van der Waals surface area contributed by atoms with Crippen LogP contribution in [0.15, 0.2) is 53.4 Å². The molecule has 4 N–H and O–H groups in total. The van der Waals surface area contributed by atoms with Gasteiger partial charge >= 0.3 is 11.9 Å². The van der Waals surface area contributed by atoms with Gasteiger partial charge in [0.25, 0.3) is 0 Å². The second-order valence-electron chi connectivity index (χ2n) is 10.3. The Morgan fingerprint density at radius 3 is 1.54 bits per heavy atom. The number of aliphatic hydroxyl groups is 2. The second kappa shape index (κ2) is 14.9. The van der Waals surface area contributed by atoms with E-state index in [-0.39, 0.29) is 11.5 Å². The summed E-state index contributed by atoms with van der Waals surface area (Å²) in [5.74, 6) is -1.40. The Bertz CT molecular complexity index is 1170. The lowest BCUT2D eigenvalue weighted by atomic mass is 10.1. The molecule has 0 bridgehead atoms. The molecule has 0 aliphatic heterocycles. The third-order valence-electron chi connectivity index (χ3n) is 4.52. The van der Waals surface area contributed by atoms with Crippen molar-refractivity contribution in [3.8, 4) is 11.1 Å². The molecule has 13 heteroatoms. The maximum Gasteiger partial charge on any atom is 0.327 e. The molecule has 0 aromatic heterocycles. The van der Waals surface area contributed by atoms with Gasteiger partial charge in [-0.1, -0.05) is 35.9 Å². The summed E-state index contributed by atoms with van der Waals surface area (Å²) in [6.07, 6.45) is 0. The molecule has 0 saturated heterocycles. The molecule has 0 amide bonds. The van der Waals surface area contributed by atoms with Gasteiger partial charge in [-0.25, -0.2) is 13.3 Å². The highest BCUT2D eigenvalue weighted by Crippen LogP contribution is 2.23. The fourth-order valence-corrected chi connectivity index (χ4v) is 4.24. The minimum Gasteiger partial charge on any atom is -0.459 e. The summed E-state index contributed by atoms with van der Waals surface area (Å²) in [7, 11) is -4.01. The van der Waals surface area contributed by atoms with Crippen LogP contribution in [0.1, 0.15) is 41.5 Å². The molecule has 0 heterocycles. The van der Waals surface area contributed by atoms with Crippen molar-refractivity contribution in [3.63, 3.8) is 0 Å². The zero-order valence-corrected chi connectivity index (χ0v) is 25.0. The molecule has 2 aromatic carbocycles. The van der Waals surface area contributed by atoms with Crippen LogP contribution in [-0.4, -0.2) is 67.1 Å². The van der Waals surface area contributed by atoms with Gasteiger partial charge in [0.15, 0.2) is 0 Å². The molecule has 0 spiro atoms. The lowest BCUT2D eigenvalue weighted by Gasteiger charge is -2.23. The summed E-state index contributed by atoms with van der Waals surface area (Å²) in [4.78, 5) is 25.2. The van der Waals surface area contributed by atoms with E-state index in [1.54, 1.807) is 65.8 Å². The van der Waals surface area contributed by atoms with E-state index in [0.29, 0.717) is 5.02 Å². The van der Waals surface area contributed by atoms with E-state index < -0.39 is 51.9 Å². The first-order valence-corrected chi connectivity index (χ1v) is 14.1. The first-order chi connectivity index (χ1) is 17.9. The van der Waals surface area contributed by atoms with E-state index in [9.17, 15) is 23.1 Å². The monoisotopic (exact) mass is 606 g/mol. The van der Waals surface area contributed by atoms with E-state index in [2.05, 4.69) is 9.56 Å². The molecule has 0 aliphatic carbocycles. The number of sulfonamides is 1. The van der Waals surface area contributed by atoms with E-state index in [1.807, 2.05) is 12.1 Å². The van der Waals surface area contributed by atoms with Gasteiger partial charge in [0, 0.05) is 5.02 Å². The van der Waals surface area contributed by atoms with E-state index in [1.165, 1.54) is 12.1 Å². The fourth-order valence-electron chi connectivity index (χ4n) is 2.78. The number of carbonyl (C=O) groups excluding carboxylic acids is 2. The maximum atomic E-state index is 12.5. The fraction of sp³-hybridized carbons (Fsp3) is 0.462. The van der Waals surface area contributed by atoms with Crippen molar-refractivity contribution >= 4 is 45.3 Å². The minimum atomic E-state index is -4.01. The second-order valence-corrected chi connectivity index (χ2v) is 12.7. The predicted molar refractivity (Wildman–Crippen MR) is 150 cm³/mol. The van der Waals surface area contributed by atoms with Crippen LogP contribution in [0.2, 0.25) is 5.02 Å². The summed E-state index contributed by atoms with van der Waals surface area (Å²) >= 11 is 11.0. The van der Waals surface area contributed by atoms with Crippen molar-refractivity contribution in [1.82, 2.24) is 9.56 Å². The Morgan fingerprint density at radius 1 is 0.795 bits per heavy atom. The van der Waals surface area contributed by atoms with Crippen LogP contribution in [0.4, 0.5) is 0 Å². The molecule has 218 valence electrons. The van der Waals surface area contributed by atoms with Crippen molar-refractivity contribution in [3.05, 3.63) is 53.6 Å². The number of benzene rings is 2. The number of hydrogen-bond donors (Lipinski definition) is 4. The average molecular weight is 608 g/mol. The Labute approximate surface area is 239 Å². The van der Waals surface area contributed by atoms with Crippen molar-refractivity contribution in [2.24, 2.45) is 0 Å². The van der Waals surface area contributed by atoms with Gasteiger partial charge in [0.2, 0.25) is 10.0 Å². The van der Waals surface area contributed by atoms with Gasteiger partial charge < -0.3 is 19.7 Å². The number of ether oxygens (including phenoxy) is 2. The largest absolute Gasteiger partial charge is 0.459 e. The number of hydrogen-bond acceptors (Lipinski definition) is 9. The highest BCUT2D eigenvalue weighted by atomic mass is 35.5. The molecule has 39 heavy (non-hydrogen) atoms. The Morgan fingerprint density at radius 2 is 1.18 bits per heavy atom. The van der Waals surface area contributed by atoms with Crippen LogP contribution in [0.3, 0.4) is 0 Å². The summed E-state index contributed by atoms with van der Waals surface area (Å²) in [5.41, 5.74) is 0.351. The normalized spacial score (nSPS) is 13.5. The van der Waals surface area contributed by atoms with Crippen LogP contribution in [0, 0.1) is 0 Å². The average Bonchev–Trinajstić information content (AvgIpc) is 2.82. The summed E-state index contributed by atoms with van der Waals surface area (Å²) in [5, 5.41) is 18.6. The lowest BCUT2D eigenvalue weighted by molar-refractivity contribution is -0.159. The van der Waals surface area contributed by atoms with E-state index >= 15 is 0 Å². The van der Waals surface area contributed by atoms with Gasteiger partial charge in [-0.3, -0.25) is 9.59 Å². The maximum absolute atomic E-state index is 12.5. The smallest absolute Gasteiger partial charge is 0.327 e. The first kappa shape index (κ1) is 34.8. The highest BCUT2D eigenvalue weighted by Gasteiger charge is 2.29. The molecule has 0 unspecified atom stereocenters. The molecule has 0 saturated carbocycles. The number of aliphatic hydroxyl groups excluding tert-OH is 2. The van der Waals surface area contributed by atoms with Crippen molar-refractivity contribution in [2.45, 2.75) is 69.7 Å². The number of nitrogens with one attached hydrogen (secondary N) is 2. The molecule has 0 aliphatic rings. The Kier molecular flexibility index (Phi) is 13.3. The molecule has 2 rings (SSSR count).